The molecule has 0 aliphatic carbocycles. The average molecular weight is 398 g/mol. The molecule has 0 bridgehead atoms. The van der Waals surface area contributed by atoms with Gasteiger partial charge in [-0.15, -0.1) is 0 Å². The van der Waals surface area contributed by atoms with Gasteiger partial charge in [-0.05, 0) is 37.3 Å². The zero-order valence-electron chi connectivity index (χ0n) is 14.9. The Bertz CT molecular complexity index is 909. The third-order valence-electron chi connectivity index (χ3n) is 3.98. The van der Waals surface area contributed by atoms with Crippen molar-refractivity contribution in [1.82, 2.24) is 10.4 Å². The second-order valence-corrected chi connectivity index (χ2v) is 6.01. The van der Waals surface area contributed by atoms with Crippen molar-refractivity contribution >= 4 is 5.91 Å². The molecule has 1 unspecified atom stereocenters. The molecule has 0 radical (unpaired) electrons. The topological polar surface area (TPSA) is 84.2 Å². The van der Waals surface area contributed by atoms with E-state index >= 15 is 0 Å². The Hall–Kier alpha value is -3.14. The number of alkyl halides is 3. The van der Waals surface area contributed by atoms with Crippen LogP contribution in [-0.2, 0) is 6.61 Å². The summed E-state index contributed by atoms with van der Waals surface area (Å²) in [6, 6.07) is 9.46. The molecule has 10 heteroatoms. The molecule has 7 nitrogen and oxygen atoms in total. The van der Waals surface area contributed by atoms with Crippen LogP contribution < -0.4 is 14.9 Å². The van der Waals surface area contributed by atoms with Crippen molar-refractivity contribution in [3.05, 3.63) is 59.7 Å². The van der Waals surface area contributed by atoms with E-state index in [1.807, 2.05) is 0 Å². The highest BCUT2D eigenvalue weighted by Gasteiger charge is 2.61. The molecular formula is C18H17F3N2O5. The van der Waals surface area contributed by atoms with Crippen molar-refractivity contribution in [3.63, 3.8) is 0 Å². The van der Waals surface area contributed by atoms with Gasteiger partial charge in [-0.2, -0.15) is 13.2 Å². The minimum Gasteiger partial charge on any atom is -0.493 e. The average Bonchev–Trinajstić information content (AvgIpc) is 3.24. The highest BCUT2D eigenvalue weighted by Crippen LogP contribution is 2.38. The summed E-state index contributed by atoms with van der Waals surface area (Å²) in [5.74, 6) is -0.452. The van der Waals surface area contributed by atoms with Crippen LogP contribution in [0.15, 0.2) is 52.6 Å². The molecule has 1 aromatic carbocycles. The summed E-state index contributed by atoms with van der Waals surface area (Å²) in [7, 11) is 1.48. The van der Waals surface area contributed by atoms with Crippen molar-refractivity contribution in [2.45, 2.75) is 25.4 Å². The summed E-state index contributed by atoms with van der Waals surface area (Å²) >= 11 is 0. The Labute approximate surface area is 157 Å². The molecule has 0 saturated heterocycles. The number of carbonyl (C=O) groups is 1. The molecule has 1 aliphatic heterocycles. The van der Waals surface area contributed by atoms with Gasteiger partial charge in [-0.25, -0.2) is 5.01 Å². The Morgan fingerprint density at radius 2 is 1.93 bits per heavy atom. The first-order chi connectivity index (χ1) is 13.2. The number of carbonyl (C=O) groups excluding carboxylic acids is 1. The zero-order valence-corrected chi connectivity index (χ0v) is 14.9. The molecule has 3 rings (SSSR count). The van der Waals surface area contributed by atoms with E-state index in [9.17, 15) is 23.1 Å². The van der Waals surface area contributed by atoms with Crippen molar-refractivity contribution in [2.75, 3.05) is 7.11 Å². The van der Waals surface area contributed by atoms with Crippen LogP contribution in [0.2, 0.25) is 0 Å². The lowest BCUT2D eigenvalue weighted by Gasteiger charge is -2.33. The number of rotatable bonds is 5. The largest absolute Gasteiger partial charge is 0.493 e. The van der Waals surface area contributed by atoms with Crippen LogP contribution in [0.4, 0.5) is 13.2 Å². The van der Waals surface area contributed by atoms with E-state index in [0.29, 0.717) is 17.6 Å². The second kappa shape index (κ2) is 7.12. The van der Waals surface area contributed by atoms with Gasteiger partial charge in [-0.1, -0.05) is 12.1 Å². The molecule has 1 amide bonds. The summed E-state index contributed by atoms with van der Waals surface area (Å²) in [4.78, 5) is 12.5. The third kappa shape index (κ3) is 3.50. The van der Waals surface area contributed by atoms with Crippen LogP contribution in [0.5, 0.6) is 11.5 Å². The van der Waals surface area contributed by atoms with Crippen molar-refractivity contribution in [1.29, 1.82) is 0 Å². The fourth-order valence-electron chi connectivity index (χ4n) is 2.64. The molecule has 0 fully saturated rings. The SMILES string of the molecule is COc1ccccc1OCc1ccc(C(=O)N2NC(C)=CC2(O)C(F)(F)F)o1. The molecule has 1 atom stereocenters. The van der Waals surface area contributed by atoms with Gasteiger partial charge in [0.1, 0.15) is 12.4 Å². The van der Waals surface area contributed by atoms with E-state index in [4.69, 9.17) is 13.9 Å². The fraction of sp³-hybridized carbons (Fsp3) is 0.278. The number of allylic oxidation sites excluding steroid dienone is 1. The van der Waals surface area contributed by atoms with E-state index < -0.39 is 23.6 Å². The van der Waals surface area contributed by atoms with Gasteiger partial charge in [0.25, 0.3) is 5.72 Å². The molecular weight excluding hydrogens is 381 g/mol. The quantitative estimate of drug-likeness (QED) is 0.806. The Morgan fingerprint density at radius 3 is 2.57 bits per heavy atom. The van der Waals surface area contributed by atoms with Gasteiger partial charge in [0.15, 0.2) is 17.3 Å². The maximum Gasteiger partial charge on any atom is 0.442 e. The smallest absolute Gasteiger partial charge is 0.442 e. The number of hydrogen-bond acceptors (Lipinski definition) is 6. The number of benzene rings is 1. The van der Waals surface area contributed by atoms with E-state index in [-0.39, 0.29) is 23.1 Å². The van der Waals surface area contributed by atoms with Crippen LogP contribution >= 0.6 is 0 Å². The number of furan rings is 1. The molecule has 0 saturated carbocycles. The molecule has 2 heterocycles. The first-order valence-electron chi connectivity index (χ1n) is 8.10. The zero-order chi connectivity index (χ0) is 20.5. The van der Waals surface area contributed by atoms with Gasteiger partial charge in [-0.3, -0.25) is 10.2 Å². The normalized spacial score (nSPS) is 19.2. The monoisotopic (exact) mass is 398 g/mol. The number of para-hydroxylation sites is 2. The highest BCUT2D eigenvalue weighted by molar-refractivity contribution is 5.92. The fourth-order valence-corrected chi connectivity index (χ4v) is 2.64. The predicted octanol–water partition coefficient (Wildman–Crippen LogP) is 2.98. The summed E-state index contributed by atoms with van der Waals surface area (Å²) < 4.78 is 55.7. The van der Waals surface area contributed by atoms with Crippen LogP contribution in [0.25, 0.3) is 0 Å². The molecule has 2 N–H and O–H groups in total. The summed E-state index contributed by atoms with van der Waals surface area (Å²) in [5.41, 5.74) is -1.31. The van der Waals surface area contributed by atoms with E-state index in [0.717, 1.165) is 0 Å². The minimum atomic E-state index is -5.10. The number of nitrogens with zero attached hydrogens (tertiary/aromatic N) is 1. The summed E-state index contributed by atoms with van der Waals surface area (Å²) in [6.07, 6.45) is -4.59. The predicted molar refractivity (Wildman–Crippen MR) is 90.1 cm³/mol. The van der Waals surface area contributed by atoms with Crippen molar-refractivity contribution < 1.29 is 37.0 Å². The molecule has 150 valence electrons. The number of hydrogen-bond donors (Lipinski definition) is 2. The summed E-state index contributed by atoms with van der Waals surface area (Å²) in [5, 5.41) is 10.0. The maximum atomic E-state index is 13.2. The van der Waals surface area contributed by atoms with Crippen molar-refractivity contribution in [2.24, 2.45) is 0 Å². The van der Waals surface area contributed by atoms with Crippen LogP contribution in [-0.4, -0.2) is 35.0 Å². The molecule has 1 aliphatic rings. The van der Waals surface area contributed by atoms with Gasteiger partial charge in [0.05, 0.1) is 7.11 Å². The maximum absolute atomic E-state index is 13.2. The van der Waals surface area contributed by atoms with E-state index in [1.165, 1.54) is 26.2 Å². The Morgan fingerprint density at radius 1 is 1.25 bits per heavy atom. The number of ether oxygens (including phenoxy) is 2. The minimum absolute atomic E-state index is 0.0283. The van der Waals surface area contributed by atoms with Crippen LogP contribution in [0, 0.1) is 0 Å². The Balaban J connectivity index is 1.74. The Kier molecular flexibility index (Phi) is 4.99. The first kappa shape index (κ1) is 19.6. The van der Waals surface area contributed by atoms with Gasteiger partial charge >= 0.3 is 12.1 Å². The third-order valence-corrected chi connectivity index (χ3v) is 3.98. The van der Waals surface area contributed by atoms with Crippen molar-refractivity contribution in [3.8, 4) is 11.5 Å². The first-order valence-corrected chi connectivity index (χ1v) is 8.10. The lowest BCUT2D eigenvalue weighted by atomic mass is 10.2. The van der Waals surface area contributed by atoms with Gasteiger partial charge in [0.2, 0.25) is 0 Å². The number of nitrogens with one attached hydrogen (secondary N) is 1. The number of methoxy groups -OCH3 is 1. The second-order valence-electron chi connectivity index (χ2n) is 6.01. The number of aliphatic hydroxyl groups is 1. The van der Waals surface area contributed by atoms with Gasteiger partial charge in [0, 0.05) is 5.70 Å². The number of amides is 1. The number of halogens is 3. The molecule has 2 aromatic rings. The number of hydrazine groups is 1. The lowest BCUT2D eigenvalue weighted by molar-refractivity contribution is -0.283. The molecule has 1 aromatic heterocycles. The standard InChI is InChI=1S/C18H17F3N2O5/c1-11-9-17(25,18(19,20)21)23(22-11)16(24)15-8-7-12(28-15)10-27-14-6-4-3-5-13(14)26-2/h3-9,22,25H,10H2,1-2H3. The highest BCUT2D eigenvalue weighted by atomic mass is 19.4. The lowest BCUT2D eigenvalue weighted by Crippen LogP contribution is -2.60. The summed E-state index contributed by atoms with van der Waals surface area (Å²) in [6.45, 7) is 1.21. The molecule has 28 heavy (non-hydrogen) atoms. The van der Waals surface area contributed by atoms with Crippen LogP contribution in [0.3, 0.4) is 0 Å². The van der Waals surface area contributed by atoms with Crippen LogP contribution in [0.1, 0.15) is 23.2 Å². The molecule has 0 spiro atoms. The van der Waals surface area contributed by atoms with Gasteiger partial charge < -0.3 is 19.0 Å². The van der Waals surface area contributed by atoms with E-state index in [1.54, 1.807) is 24.3 Å². The van der Waals surface area contributed by atoms with E-state index in [2.05, 4.69) is 5.43 Å².